The normalized spacial score (nSPS) is 19.5. The fourth-order valence-corrected chi connectivity index (χ4v) is 3.14. The number of carboxylic acids is 1. The molecule has 2 rings (SSSR count). The zero-order valence-electron chi connectivity index (χ0n) is 13.3. The Kier molecular flexibility index (Phi) is 4.45. The summed E-state index contributed by atoms with van der Waals surface area (Å²) in [4.78, 5) is 11.3. The second-order valence-electron chi connectivity index (χ2n) is 6.47. The van der Waals surface area contributed by atoms with E-state index in [0.717, 1.165) is 0 Å². The van der Waals surface area contributed by atoms with Crippen molar-refractivity contribution < 1.29 is 23.6 Å². The lowest BCUT2D eigenvalue weighted by Crippen LogP contribution is -2.41. The maximum absolute atomic E-state index is 14.7. The Morgan fingerprint density at radius 3 is 2.23 bits per heavy atom. The van der Waals surface area contributed by atoms with Crippen LogP contribution in [-0.4, -0.2) is 29.4 Å². The summed E-state index contributed by atoms with van der Waals surface area (Å²) in [6.07, 6.45) is 0. The quantitative estimate of drug-likeness (QED) is 0.654. The lowest BCUT2D eigenvalue weighted by atomic mass is 9.73. The van der Waals surface area contributed by atoms with E-state index in [0.29, 0.717) is 16.5 Å². The number of hydrogen-bond acceptors (Lipinski definition) is 3. The molecule has 22 heavy (non-hydrogen) atoms. The molecule has 7 heteroatoms. The Morgan fingerprint density at radius 1 is 1.32 bits per heavy atom. The monoisotopic (exact) mass is 372 g/mol. The molecule has 120 valence electrons. The van der Waals surface area contributed by atoms with E-state index < -0.39 is 30.1 Å². The van der Waals surface area contributed by atoms with E-state index >= 15 is 0 Å². The molecule has 1 fully saturated rings. The van der Waals surface area contributed by atoms with Gasteiger partial charge in [0.05, 0.1) is 16.8 Å². The Labute approximate surface area is 138 Å². The molecular formula is C15H19BBrFO4. The predicted molar refractivity (Wildman–Crippen MR) is 86.4 cm³/mol. The molecule has 0 bridgehead atoms. The smallest absolute Gasteiger partial charge is 0.478 e. The lowest BCUT2D eigenvalue weighted by molar-refractivity contribution is 0.00578. The number of carboxylic acid groups (broad SMARTS) is 1. The van der Waals surface area contributed by atoms with E-state index in [-0.39, 0.29) is 11.0 Å². The van der Waals surface area contributed by atoms with E-state index in [1.54, 1.807) is 6.92 Å². The molecule has 1 heterocycles. The summed E-state index contributed by atoms with van der Waals surface area (Å²) in [7, 11) is -0.935. The first-order chi connectivity index (χ1) is 10.0. The topological polar surface area (TPSA) is 55.8 Å². The highest BCUT2D eigenvalue weighted by molar-refractivity contribution is 9.08. The number of aromatic carboxylic acids is 1. The fraction of sp³-hybridized carbons (Fsp3) is 0.533. The van der Waals surface area contributed by atoms with Crippen molar-refractivity contribution in [2.75, 3.05) is 0 Å². The number of alkyl halides is 1. The van der Waals surface area contributed by atoms with Crippen LogP contribution >= 0.6 is 15.9 Å². The number of hydrogen-bond donors (Lipinski definition) is 1. The zero-order chi connectivity index (χ0) is 16.9. The molecule has 0 aliphatic carbocycles. The summed E-state index contributed by atoms with van der Waals surface area (Å²) in [5.41, 5.74) is -0.122. The van der Waals surface area contributed by atoms with Gasteiger partial charge in [0.1, 0.15) is 5.82 Å². The summed E-state index contributed by atoms with van der Waals surface area (Å²) in [6.45, 7) is 9.22. The van der Waals surface area contributed by atoms with Crippen LogP contribution in [0.3, 0.4) is 0 Å². The maximum Gasteiger partial charge on any atom is 0.498 e. The molecule has 1 aromatic rings. The lowest BCUT2D eigenvalue weighted by Gasteiger charge is -2.32. The number of benzene rings is 1. The number of rotatable bonds is 3. The minimum absolute atomic E-state index is 0.160. The molecule has 0 radical (unpaired) electrons. The molecule has 0 saturated carbocycles. The second-order valence-corrected chi connectivity index (χ2v) is 7.04. The molecule has 1 aliphatic heterocycles. The van der Waals surface area contributed by atoms with Crippen LogP contribution in [0, 0.1) is 12.7 Å². The van der Waals surface area contributed by atoms with Crippen molar-refractivity contribution in [2.24, 2.45) is 0 Å². The largest absolute Gasteiger partial charge is 0.498 e. The van der Waals surface area contributed by atoms with Gasteiger partial charge in [-0.1, -0.05) is 15.9 Å². The summed E-state index contributed by atoms with van der Waals surface area (Å²) < 4.78 is 26.5. The Bertz CT molecular complexity index is 614. The van der Waals surface area contributed by atoms with Crippen LogP contribution in [0.4, 0.5) is 4.39 Å². The second kappa shape index (κ2) is 5.62. The van der Waals surface area contributed by atoms with Crippen molar-refractivity contribution >= 4 is 34.5 Å². The van der Waals surface area contributed by atoms with Gasteiger partial charge in [-0.25, -0.2) is 9.18 Å². The average molecular weight is 373 g/mol. The van der Waals surface area contributed by atoms with E-state index in [1.165, 1.54) is 6.07 Å². The number of carbonyl (C=O) groups is 1. The van der Waals surface area contributed by atoms with Crippen molar-refractivity contribution in [3.05, 3.63) is 28.6 Å². The zero-order valence-corrected chi connectivity index (χ0v) is 14.9. The third-order valence-corrected chi connectivity index (χ3v) is 5.05. The maximum atomic E-state index is 14.7. The SMILES string of the molecule is Cc1cc(C(=O)O)c(F)c(B2OC(C)(C)C(C)(C)O2)c1CBr. The molecule has 0 spiro atoms. The van der Waals surface area contributed by atoms with Gasteiger partial charge in [0.25, 0.3) is 0 Å². The Balaban J connectivity index is 2.63. The third-order valence-electron chi connectivity index (χ3n) is 4.49. The van der Waals surface area contributed by atoms with Crippen molar-refractivity contribution in [1.82, 2.24) is 0 Å². The first-order valence-electron chi connectivity index (χ1n) is 6.98. The van der Waals surface area contributed by atoms with Gasteiger partial charge in [0, 0.05) is 10.8 Å². The van der Waals surface area contributed by atoms with Gasteiger partial charge < -0.3 is 14.4 Å². The third kappa shape index (κ3) is 2.70. The van der Waals surface area contributed by atoms with Crippen LogP contribution in [0.25, 0.3) is 0 Å². The van der Waals surface area contributed by atoms with Gasteiger partial charge >= 0.3 is 13.1 Å². The van der Waals surface area contributed by atoms with Crippen LogP contribution in [0.1, 0.15) is 49.2 Å². The molecule has 4 nitrogen and oxygen atoms in total. The van der Waals surface area contributed by atoms with Gasteiger partial charge in [-0.15, -0.1) is 0 Å². The van der Waals surface area contributed by atoms with Gasteiger partial charge in [-0.05, 0) is 51.8 Å². The minimum Gasteiger partial charge on any atom is -0.478 e. The molecule has 1 aliphatic rings. The molecule has 1 aromatic carbocycles. The number of halogens is 2. The molecule has 0 unspecified atom stereocenters. The molecule has 1 saturated heterocycles. The molecule has 1 N–H and O–H groups in total. The fourth-order valence-electron chi connectivity index (χ4n) is 2.40. The average Bonchev–Trinajstić information content (AvgIpc) is 2.59. The standard InChI is InChI=1S/C15H19BBrFO4/c1-8-6-9(13(19)20)12(18)11(10(8)7-17)16-21-14(2,3)15(4,5)22-16/h6H,7H2,1-5H3,(H,19,20). The Morgan fingerprint density at radius 2 is 1.82 bits per heavy atom. The summed E-state index contributed by atoms with van der Waals surface area (Å²) in [5.74, 6) is -2.11. The summed E-state index contributed by atoms with van der Waals surface area (Å²) >= 11 is 3.33. The van der Waals surface area contributed by atoms with Gasteiger partial charge in [0.2, 0.25) is 0 Å². The number of aryl methyl sites for hydroxylation is 1. The van der Waals surface area contributed by atoms with Gasteiger partial charge in [-0.3, -0.25) is 0 Å². The van der Waals surface area contributed by atoms with Gasteiger partial charge in [-0.2, -0.15) is 0 Å². The Hall–Kier alpha value is -0.915. The van der Waals surface area contributed by atoms with E-state index in [4.69, 9.17) is 9.31 Å². The van der Waals surface area contributed by atoms with Crippen molar-refractivity contribution in [1.29, 1.82) is 0 Å². The first kappa shape index (κ1) is 17.4. The van der Waals surface area contributed by atoms with Crippen molar-refractivity contribution in [2.45, 2.75) is 51.2 Å². The highest BCUT2D eigenvalue weighted by atomic mass is 79.9. The van der Waals surface area contributed by atoms with Gasteiger partial charge in [0.15, 0.2) is 0 Å². The molecular weight excluding hydrogens is 354 g/mol. The molecule has 0 amide bonds. The highest BCUT2D eigenvalue weighted by Crippen LogP contribution is 2.37. The van der Waals surface area contributed by atoms with Crippen LogP contribution in [0.5, 0.6) is 0 Å². The first-order valence-corrected chi connectivity index (χ1v) is 8.10. The van der Waals surface area contributed by atoms with Crippen molar-refractivity contribution in [3.63, 3.8) is 0 Å². The van der Waals surface area contributed by atoms with Crippen LogP contribution in [-0.2, 0) is 14.6 Å². The predicted octanol–water partition coefficient (Wildman–Crippen LogP) is 3.03. The molecule has 0 atom stereocenters. The van der Waals surface area contributed by atoms with Crippen LogP contribution < -0.4 is 5.46 Å². The van der Waals surface area contributed by atoms with Crippen molar-refractivity contribution in [3.8, 4) is 0 Å². The molecule has 0 aromatic heterocycles. The summed E-state index contributed by atoms with van der Waals surface area (Å²) in [5, 5.41) is 9.58. The van der Waals surface area contributed by atoms with Crippen LogP contribution in [0.2, 0.25) is 0 Å². The minimum atomic E-state index is -1.31. The highest BCUT2D eigenvalue weighted by Gasteiger charge is 2.53. The van der Waals surface area contributed by atoms with E-state index in [9.17, 15) is 14.3 Å². The summed E-state index contributed by atoms with van der Waals surface area (Å²) in [6, 6.07) is 1.34. The van der Waals surface area contributed by atoms with E-state index in [1.807, 2.05) is 27.7 Å². The van der Waals surface area contributed by atoms with E-state index in [2.05, 4.69) is 15.9 Å². The van der Waals surface area contributed by atoms with Crippen LogP contribution in [0.15, 0.2) is 6.07 Å².